The Bertz CT molecular complexity index is 478. The Morgan fingerprint density at radius 2 is 2.06 bits per heavy atom. The predicted octanol–water partition coefficient (Wildman–Crippen LogP) is 2.80. The van der Waals surface area contributed by atoms with Crippen molar-refractivity contribution in [3.63, 3.8) is 0 Å². The van der Waals surface area contributed by atoms with Crippen LogP contribution in [0, 0.1) is 0 Å². The number of ether oxygens (including phenoxy) is 1. The zero-order valence-corrected chi connectivity index (χ0v) is 10.7. The number of hydrogen-bond donors (Lipinski definition) is 1. The lowest BCUT2D eigenvalue weighted by molar-refractivity contribution is 0.219. The van der Waals surface area contributed by atoms with Crippen LogP contribution in [-0.2, 0) is 6.42 Å². The summed E-state index contributed by atoms with van der Waals surface area (Å²) in [6, 6.07) is 7.40. The van der Waals surface area contributed by atoms with Gasteiger partial charge < -0.3 is 9.84 Å². The summed E-state index contributed by atoms with van der Waals surface area (Å²) >= 11 is 1.55. The number of hydrogen-bond acceptors (Lipinski definition) is 4. The third-order valence-electron chi connectivity index (χ3n) is 2.59. The van der Waals surface area contributed by atoms with Crippen LogP contribution in [0.2, 0.25) is 0 Å². The lowest BCUT2D eigenvalue weighted by Crippen LogP contribution is -1.98. The first-order valence-electron chi connectivity index (χ1n) is 5.51. The largest absolute Gasteiger partial charge is 0.497 e. The summed E-state index contributed by atoms with van der Waals surface area (Å²) in [4.78, 5) is 5.43. The molecule has 1 aromatic heterocycles. The molecule has 90 valence electrons. The van der Waals surface area contributed by atoms with E-state index in [1.165, 1.54) is 4.88 Å². The van der Waals surface area contributed by atoms with Crippen molar-refractivity contribution in [1.82, 2.24) is 4.98 Å². The average molecular weight is 249 g/mol. The van der Waals surface area contributed by atoms with Crippen LogP contribution in [0.4, 0.5) is 0 Å². The quantitative estimate of drug-likeness (QED) is 0.906. The van der Waals surface area contributed by atoms with E-state index in [1.54, 1.807) is 18.4 Å². The van der Waals surface area contributed by atoms with Gasteiger partial charge in [0.05, 0.1) is 7.11 Å². The predicted molar refractivity (Wildman–Crippen MR) is 68.5 cm³/mol. The second-order valence-electron chi connectivity index (χ2n) is 3.69. The molecule has 0 fully saturated rings. The molecule has 1 atom stereocenters. The number of aliphatic hydroxyl groups is 1. The molecule has 0 amide bonds. The lowest BCUT2D eigenvalue weighted by Gasteiger charge is -2.08. The Labute approximate surface area is 105 Å². The highest BCUT2D eigenvalue weighted by molar-refractivity contribution is 7.11. The molecule has 0 bridgehead atoms. The Kier molecular flexibility index (Phi) is 3.76. The van der Waals surface area contributed by atoms with Crippen molar-refractivity contribution in [1.29, 1.82) is 0 Å². The number of benzene rings is 1. The van der Waals surface area contributed by atoms with Gasteiger partial charge in [-0.1, -0.05) is 19.1 Å². The van der Waals surface area contributed by atoms with Gasteiger partial charge in [0, 0.05) is 11.1 Å². The van der Waals surface area contributed by atoms with Crippen LogP contribution >= 0.6 is 11.3 Å². The number of aromatic nitrogens is 1. The minimum atomic E-state index is -0.647. The summed E-state index contributed by atoms with van der Waals surface area (Å²) < 4.78 is 5.08. The van der Waals surface area contributed by atoms with Crippen molar-refractivity contribution in [3.8, 4) is 5.75 Å². The van der Waals surface area contributed by atoms with Gasteiger partial charge >= 0.3 is 0 Å². The molecular weight excluding hydrogens is 234 g/mol. The van der Waals surface area contributed by atoms with E-state index in [-0.39, 0.29) is 0 Å². The molecule has 1 unspecified atom stereocenters. The Balaban J connectivity index is 2.20. The van der Waals surface area contributed by atoms with E-state index in [0.29, 0.717) is 0 Å². The molecule has 0 aliphatic carbocycles. The van der Waals surface area contributed by atoms with Crippen molar-refractivity contribution < 1.29 is 9.84 Å². The maximum Gasteiger partial charge on any atom is 0.131 e. The molecule has 1 heterocycles. The van der Waals surface area contributed by atoms with Crippen LogP contribution in [0.5, 0.6) is 5.75 Å². The lowest BCUT2D eigenvalue weighted by atomic mass is 10.1. The van der Waals surface area contributed by atoms with E-state index in [1.807, 2.05) is 30.5 Å². The van der Waals surface area contributed by atoms with Gasteiger partial charge in [0.1, 0.15) is 16.9 Å². The van der Waals surface area contributed by atoms with Crippen LogP contribution in [0.3, 0.4) is 0 Å². The maximum atomic E-state index is 10.2. The molecule has 0 saturated heterocycles. The van der Waals surface area contributed by atoms with Gasteiger partial charge in [-0.3, -0.25) is 0 Å². The third-order valence-corrected chi connectivity index (χ3v) is 3.78. The SMILES string of the molecule is CCc1cnc(C(O)c2ccc(OC)cc2)s1. The summed E-state index contributed by atoms with van der Waals surface area (Å²) in [7, 11) is 1.62. The fraction of sp³-hybridized carbons (Fsp3) is 0.308. The first-order chi connectivity index (χ1) is 8.24. The molecule has 2 aromatic rings. The Hall–Kier alpha value is -1.39. The van der Waals surface area contributed by atoms with Crippen molar-refractivity contribution in [2.24, 2.45) is 0 Å². The van der Waals surface area contributed by atoms with E-state index in [0.717, 1.165) is 22.7 Å². The fourth-order valence-corrected chi connectivity index (χ4v) is 2.41. The number of rotatable bonds is 4. The van der Waals surface area contributed by atoms with Crippen molar-refractivity contribution in [3.05, 3.63) is 45.9 Å². The van der Waals surface area contributed by atoms with Crippen molar-refractivity contribution >= 4 is 11.3 Å². The summed E-state index contributed by atoms with van der Waals surface area (Å²) in [5.74, 6) is 0.786. The molecule has 4 heteroatoms. The molecular formula is C13H15NO2S. The molecule has 1 N–H and O–H groups in total. The maximum absolute atomic E-state index is 10.2. The summed E-state index contributed by atoms with van der Waals surface area (Å²) in [5.41, 5.74) is 0.836. The van der Waals surface area contributed by atoms with Crippen LogP contribution in [0.1, 0.15) is 28.5 Å². The summed E-state index contributed by atoms with van der Waals surface area (Å²) in [6.07, 6.45) is 2.13. The molecule has 0 spiro atoms. The van der Waals surface area contributed by atoms with Crippen LogP contribution in [0.15, 0.2) is 30.5 Å². The number of thiazole rings is 1. The minimum absolute atomic E-state index is 0.647. The van der Waals surface area contributed by atoms with Gasteiger partial charge in [-0.2, -0.15) is 0 Å². The average Bonchev–Trinajstić information content (AvgIpc) is 2.87. The standard InChI is InChI=1S/C13H15NO2S/c1-3-11-8-14-13(17-11)12(15)9-4-6-10(16-2)7-5-9/h4-8,12,15H,3H2,1-2H3. The number of aryl methyl sites for hydroxylation is 1. The van der Waals surface area contributed by atoms with Gasteiger partial charge in [-0.15, -0.1) is 11.3 Å². The summed E-state index contributed by atoms with van der Waals surface area (Å²) in [6.45, 7) is 2.08. The van der Waals surface area contributed by atoms with Gasteiger partial charge in [0.15, 0.2) is 0 Å². The normalized spacial score (nSPS) is 12.4. The van der Waals surface area contributed by atoms with Crippen LogP contribution in [-0.4, -0.2) is 17.2 Å². The van der Waals surface area contributed by atoms with Crippen LogP contribution < -0.4 is 4.74 Å². The topological polar surface area (TPSA) is 42.4 Å². The first-order valence-corrected chi connectivity index (χ1v) is 6.33. The van der Waals surface area contributed by atoms with E-state index < -0.39 is 6.10 Å². The third kappa shape index (κ3) is 2.65. The minimum Gasteiger partial charge on any atom is -0.497 e. The van der Waals surface area contributed by atoms with E-state index in [9.17, 15) is 5.11 Å². The molecule has 0 aliphatic rings. The van der Waals surface area contributed by atoms with E-state index >= 15 is 0 Å². The molecule has 3 nitrogen and oxygen atoms in total. The number of nitrogens with zero attached hydrogens (tertiary/aromatic N) is 1. The molecule has 1 aromatic carbocycles. The highest BCUT2D eigenvalue weighted by atomic mass is 32.1. The fourth-order valence-electron chi connectivity index (χ4n) is 1.54. The summed E-state index contributed by atoms with van der Waals surface area (Å²) in [5, 5.41) is 10.9. The second-order valence-corrected chi connectivity index (χ2v) is 4.84. The molecule has 0 radical (unpaired) electrons. The van der Waals surface area contributed by atoms with Gasteiger partial charge in [0.2, 0.25) is 0 Å². The number of aliphatic hydroxyl groups excluding tert-OH is 1. The number of methoxy groups -OCH3 is 1. The van der Waals surface area contributed by atoms with Crippen LogP contribution in [0.25, 0.3) is 0 Å². The molecule has 0 saturated carbocycles. The molecule has 0 aliphatic heterocycles. The molecule has 2 rings (SSSR count). The van der Waals surface area contributed by atoms with E-state index in [4.69, 9.17) is 4.74 Å². The van der Waals surface area contributed by atoms with Crippen molar-refractivity contribution in [2.75, 3.05) is 7.11 Å². The Morgan fingerprint density at radius 3 is 2.59 bits per heavy atom. The highest BCUT2D eigenvalue weighted by Crippen LogP contribution is 2.27. The Morgan fingerprint density at radius 1 is 1.35 bits per heavy atom. The zero-order chi connectivity index (χ0) is 12.3. The monoisotopic (exact) mass is 249 g/mol. The second kappa shape index (κ2) is 5.29. The smallest absolute Gasteiger partial charge is 0.131 e. The van der Waals surface area contributed by atoms with Crippen molar-refractivity contribution in [2.45, 2.75) is 19.4 Å². The van der Waals surface area contributed by atoms with Gasteiger partial charge in [-0.05, 0) is 24.1 Å². The van der Waals surface area contributed by atoms with Gasteiger partial charge in [0.25, 0.3) is 0 Å². The van der Waals surface area contributed by atoms with E-state index in [2.05, 4.69) is 11.9 Å². The highest BCUT2D eigenvalue weighted by Gasteiger charge is 2.14. The molecule has 17 heavy (non-hydrogen) atoms. The van der Waals surface area contributed by atoms with Gasteiger partial charge in [-0.25, -0.2) is 4.98 Å². The zero-order valence-electron chi connectivity index (χ0n) is 9.88. The first kappa shape index (κ1) is 12.1.